The van der Waals surface area contributed by atoms with E-state index in [0.29, 0.717) is 0 Å². The van der Waals surface area contributed by atoms with Crippen LogP contribution in [0.3, 0.4) is 0 Å². The third-order valence-electron chi connectivity index (χ3n) is 2.06. The predicted molar refractivity (Wildman–Crippen MR) is 40.5 cm³/mol. The second kappa shape index (κ2) is 2.55. The average molecular weight is 161 g/mol. The van der Waals surface area contributed by atoms with Gasteiger partial charge in [-0.25, -0.2) is 8.78 Å². The Morgan fingerprint density at radius 3 is 2.45 bits per heavy atom. The van der Waals surface area contributed by atoms with Crippen LogP contribution in [0.2, 0.25) is 0 Å². The van der Waals surface area contributed by atoms with Gasteiger partial charge in [0.05, 0.1) is 0 Å². The van der Waals surface area contributed by atoms with Crippen LogP contribution < -0.4 is 5.73 Å². The summed E-state index contributed by atoms with van der Waals surface area (Å²) in [5.41, 5.74) is 6.34. The number of alkyl halides is 2. The molecule has 1 rings (SSSR count). The van der Waals surface area contributed by atoms with Gasteiger partial charge in [-0.3, -0.25) is 0 Å². The Balaban J connectivity index is 2.49. The summed E-state index contributed by atoms with van der Waals surface area (Å²) in [6.07, 6.45) is 1.59. The summed E-state index contributed by atoms with van der Waals surface area (Å²) >= 11 is 0. The lowest BCUT2D eigenvalue weighted by molar-refractivity contribution is 0.107. The van der Waals surface area contributed by atoms with Crippen molar-refractivity contribution >= 4 is 0 Å². The Hall–Kier alpha value is -0.440. The molecule has 2 unspecified atom stereocenters. The van der Waals surface area contributed by atoms with Crippen molar-refractivity contribution in [2.75, 3.05) is 0 Å². The first kappa shape index (κ1) is 8.65. The van der Waals surface area contributed by atoms with E-state index in [1.54, 1.807) is 19.9 Å². The largest absolute Gasteiger partial charge is 0.324 e. The van der Waals surface area contributed by atoms with Crippen LogP contribution in [0.4, 0.5) is 8.78 Å². The molecule has 0 aliphatic heterocycles. The molecule has 64 valence electrons. The van der Waals surface area contributed by atoms with Gasteiger partial charge in [0, 0.05) is 18.4 Å². The molecule has 0 aromatic rings. The van der Waals surface area contributed by atoms with Crippen molar-refractivity contribution in [1.29, 1.82) is 0 Å². The van der Waals surface area contributed by atoms with Crippen molar-refractivity contribution in [3.05, 3.63) is 11.6 Å². The quantitative estimate of drug-likeness (QED) is 0.615. The van der Waals surface area contributed by atoms with Crippen molar-refractivity contribution in [2.24, 2.45) is 11.7 Å². The van der Waals surface area contributed by atoms with Crippen LogP contribution in [0.15, 0.2) is 11.6 Å². The summed E-state index contributed by atoms with van der Waals surface area (Å²) in [4.78, 5) is 0. The molecule has 1 aliphatic rings. The lowest BCUT2D eigenvalue weighted by Gasteiger charge is -2.03. The number of hydrogen-bond donors (Lipinski definition) is 1. The van der Waals surface area contributed by atoms with Crippen LogP contribution in [0.25, 0.3) is 0 Å². The Labute approximate surface area is 65.3 Å². The molecule has 1 fully saturated rings. The highest BCUT2D eigenvalue weighted by Crippen LogP contribution is 2.49. The van der Waals surface area contributed by atoms with E-state index in [0.717, 1.165) is 5.57 Å². The summed E-state index contributed by atoms with van der Waals surface area (Å²) in [5, 5.41) is 0. The zero-order valence-electron chi connectivity index (χ0n) is 6.77. The molecular formula is C8H13F2N. The topological polar surface area (TPSA) is 26.0 Å². The molecule has 0 heterocycles. The third-order valence-corrected chi connectivity index (χ3v) is 2.06. The molecule has 0 aromatic carbocycles. The van der Waals surface area contributed by atoms with Crippen LogP contribution in [0.1, 0.15) is 20.3 Å². The number of halogens is 2. The Kier molecular flexibility index (Phi) is 2.01. The molecule has 11 heavy (non-hydrogen) atoms. The Bertz CT molecular complexity index is 185. The van der Waals surface area contributed by atoms with Crippen LogP contribution in [-0.4, -0.2) is 12.0 Å². The molecule has 0 amide bonds. The van der Waals surface area contributed by atoms with E-state index in [4.69, 9.17) is 5.73 Å². The highest BCUT2D eigenvalue weighted by molar-refractivity contribution is 5.16. The Morgan fingerprint density at radius 1 is 1.73 bits per heavy atom. The van der Waals surface area contributed by atoms with E-state index >= 15 is 0 Å². The summed E-state index contributed by atoms with van der Waals surface area (Å²) in [5.74, 6) is -3.00. The maximum Gasteiger partial charge on any atom is 0.255 e. The molecule has 0 radical (unpaired) electrons. The molecule has 3 heteroatoms. The Morgan fingerprint density at radius 2 is 2.18 bits per heavy atom. The summed E-state index contributed by atoms with van der Waals surface area (Å²) in [7, 11) is 0. The predicted octanol–water partition coefficient (Wildman–Crippen LogP) is 1.94. The first-order valence-corrected chi connectivity index (χ1v) is 3.75. The summed E-state index contributed by atoms with van der Waals surface area (Å²) < 4.78 is 24.7. The van der Waals surface area contributed by atoms with E-state index in [9.17, 15) is 8.78 Å². The van der Waals surface area contributed by atoms with E-state index in [-0.39, 0.29) is 12.5 Å². The van der Waals surface area contributed by atoms with Gasteiger partial charge >= 0.3 is 0 Å². The second-order valence-corrected chi connectivity index (χ2v) is 3.27. The van der Waals surface area contributed by atoms with Gasteiger partial charge in [-0.15, -0.1) is 0 Å². The standard InChI is InChI=1S/C8H13F2N/c1-5(6(2)11)3-7-4-8(7,9)10/h3,6-7H,4,11H2,1-2H3/b5-3+. The SMILES string of the molecule is C/C(=C\C1CC1(F)F)C(C)N. The van der Waals surface area contributed by atoms with Gasteiger partial charge in [-0.2, -0.15) is 0 Å². The normalized spacial score (nSPS) is 31.7. The van der Waals surface area contributed by atoms with Gasteiger partial charge in [0.25, 0.3) is 5.92 Å². The van der Waals surface area contributed by atoms with Crippen molar-refractivity contribution < 1.29 is 8.78 Å². The summed E-state index contributed by atoms with van der Waals surface area (Å²) in [6.45, 7) is 3.59. The molecule has 0 aromatic heterocycles. The van der Waals surface area contributed by atoms with Crippen LogP contribution >= 0.6 is 0 Å². The van der Waals surface area contributed by atoms with E-state index in [2.05, 4.69) is 0 Å². The van der Waals surface area contributed by atoms with Gasteiger partial charge in [-0.05, 0) is 13.8 Å². The van der Waals surface area contributed by atoms with Crippen molar-refractivity contribution in [3.63, 3.8) is 0 Å². The fraction of sp³-hybridized carbons (Fsp3) is 0.750. The van der Waals surface area contributed by atoms with Gasteiger partial charge in [0.15, 0.2) is 0 Å². The van der Waals surface area contributed by atoms with Crippen molar-refractivity contribution in [2.45, 2.75) is 32.2 Å². The highest BCUT2D eigenvalue weighted by Gasteiger charge is 2.55. The van der Waals surface area contributed by atoms with Crippen LogP contribution in [-0.2, 0) is 0 Å². The molecule has 2 atom stereocenters. The summed E-state index contributed by atoms with van der Waals surface area (Å²) in [6, 6.07) is -0.105. The average Bonchev–Trinajstić information content (AvgIpc) is 2.39. The molecule has 0 saturated heterocycles. The lowest BCUT2D eigenvalue weighted by Crippen LogP contribution is -2.16. The first-order chi connectivity index (χ1) is 4.93. The minimum absolute atomic E-state index is 0.00292. The first-order valence-electron chi connectivity index (χ1n) is 3.75. The molecule has 0 spiro atoms. The fourth-order valence-electron chi connectivity index (χ4n) is 0.884. The van der Waals surface area contributed by atoms with Crippen LogP contribution in [0, 0.1) is 5.92 Å². The van der Waals surface area contributed by atoms with Gasteiger partial charge in [0.2, 0.25) is 0 Å². The second-order valence-electron chi connectivity index (χ2n) is 3.27. The zero-order chi connectivity index (χ0) is 8.65. The van der Waals surface area contributed by atoms with E-state index in [1.807, 2.05) is 0 Å². The lowest BCUT2D eigenvalue weighted by atomic mass is 10.1. The molecule has 2 N–H and O–H groups in total. The monoisotopic (exact) mass is 161 g/mol. The molecular weight excluding hydrogens is 148 g/mol. The van der Waals surface area contributed by atoms with Gasteiger partial charge in [0.1, 0.15) is 0 Å². The molecule has 1 nitrogen and oxygen atoms in total. The zero-order valence-corrected chi connectivity index (χ0v) is 6.77. The molecule has 0 bridgehead atoms. The van der Waals surface area contributed by atoms with Crippen molar-refractivity contribution in [3.8, 4) is 0 Å². The third kappa shape index (κ3) is 1.99. The maximum absolute atomic E-state index is 12.3. The number of hydrogen-bond acceptors (Lipinski definition) is 1. The number of rotatable bonds is 2. The van der Waals surface area contributed by atoms with E-state index < -0.39 is 11.8 Å². The number of allylic oxidation sites excluding steroid dienone is 1. The fourth-order valence-corrected chi connectivity index (χ4v) is 0.884. The van der Waals surface area contributed by atoms with Gasteiger partial charge in [-0.1, -0.05) is 11.6 Å². The van der Waals surface area contributed by atoms with E-state index in [1.165, 1.54) is 0 Å². The minimum Gasteiger partial charge on any atom is -0.324 e. The minimum atomic E-state index is -2.45. The molecule has 1 saturated carbocycles. The molecule has 1 aliphatic carbocycles. The number of nitrogens with two attached hydrogens (primary N) is 1. The smallest absolute Gasteiger partial charge is 0.255 e. The van der Waals surface area contributed by atoms with Gasteiger partial charge < -0.3 is 5.73 Å². The maximum atomic E-state index is 12.3. The van der Waals surface area contributed by atoms with Crippen LogP contribution in [0.5, 0.6) is 0 Å². The highest BCUT2D eigenvalue weighted by atomic mass is 19.3. The van der Waals surface area contributed by atoms with Crippen molar-refractivity contribution in [1.82, 2.24) is 0 Å².